The first-order chi connectivity index (χ1) is 8.72. The lowest BCUT2D eigenvalue weighted by Crippen LogP contribution is -2.19. The first kappa shape index (κ1) is 15.4. The molecule has 0 aliphatic heterocycles. The minimum atomic E-state index is -0.215. The molecule has 0 saturated carbocycles. The summed E-state index contributed by atoms with van der Waals surface area (Å²) in [6.45, 7) is 2.67. The summed E-state index contributed by atoms with van der Waals surface area (Å²) in [5, 5.41) is 0. The molecule has 0 saturated heterocycles. The highest BCUT2D eigenvalue weighted by molar-refractivity contribution is 14.1. The van der Waals surface area contributed by atoms with E-state index in [2.05, 4.69) is 22.6 Å². The lowest BCUT2D eigenvalue weighted by Gasteiger charge is -2.15. The van der Waals surface area contributed by atoms with Crippen molar-refractivity contribution in [3.63, 3.8) is 0 Å². The molecular weight excluding hydrogens is 343 g/mol. The molecule has 18 heavy (non-hydrogen) atoms. The van der Waals surface area contributed by atoms with Gasteiger partial charge in [-0.25, -0.2) is 0 Å². The molecule has 0 heterocycles. The molecule has 0 bridgehead atoms. The van der Waals surface area contributed by atoms with Crippen LogP contribution in [0.3, 0.4) is 0 Å². The minimum absolute atomic E-state index is 0.0184. The Morgan fingerprint density at radius 1 is 1.28 bits per heavy atom. The van der Waals surface area contributed by atoms with E-state index in [0.29, 0.717) is 13.2 Å². The van der Waals surface area contributed by atoms with Gasteiger partial charge in [0.2, 0.25) is 0 Å². The van der Waals surface area contributed by atoms with Gasteiger partial charge in [0.05, 0.1) is 13.2 Å². The van der Waals surface area contributed by atoms with Gasteiger partial charge in [-0.2, -0.15) is 0 Å². The van der Waals surface area contributed by atoms with Gasteiger partial charge in [0.25, 0.3) is 0 Å². The van der Waals surface area contributed by atoms with E-state index in [1.807, 2.05) is 30.3 Å². The lowest BCUT2D eigenvalue weighted by atomic mass is 10.2. The molecule has 0 aliphatic rings. The van der Waals surface area contributed by atoms with Gasteiger partial charge in [-0.3, -0.25) is 4.79 Å². The van der Waals surface area contributed by atoms with Gasteiger partial charge in [0, 0.05) is 17.8 Å². The van der Waals surface area contributed by atoms with Gasteiger partial charge in [-0.15, -0.1) is 0 Å². The second kappa shape index (κ2) is 9.33. The van der Waals surface area contributed by atoms with Crippen LogP contribution in [0.25, 0.3) is 0 Å². The van der Waals surface area contributed by atoms with Gasteiger partial charge in [-0.1, -0.05) is 52.9 Å². The molecule has 1 aromatic carbocycles. The number of carbonyl (C=O) groups excluding carboxylic acids is 1. The van der Waals surface area contributed by atoms with Crippen LogP contribution in [0.1, 0.15) is 25.3 Å². The third kappa shape index (κ3) is 6.96. The van der Waals surface area contributed by atoms with E-state index in [4.69, 9.17) is 9.47 Å². The van der Waals surface area contributed by atoms with E-state index >= 15 is 0 Å². The Bertz CT molecular complexity index is 340. The molecule has 1 rings (SSSR count). The van der Waals surface area contributed by atoms with Crippen molar-refractivity contribution in [3.05, 3.63) is 35.9 Å². The van der Waals surface area contributed by atoms with Gasteiger partial charge in [0.1, 0.15) is 6.10 Å². The predicted molar refractivity (Wildman–Crippen MR) is 79.8 cm³/mol. The zero-order chi connectivity index (χ0) is 13.2. The van der Waals surface area contributed by atoms with Gasteiger partial charge in [0.15, 0.2) is 0 Å². The topological polar surface area (TPSA) is 35.5 Å². The van der Waals surface area contributed by atoms with Crippen LogP contribution >= 0.6 is 22.6 Å². The number of benzene rings is 1. The number of hydrogen-bond donors (Lipinski definition) is 0. The maximum atomic E-state index is 10.9. The second-order valence-corrected chi connectivity index (χ2v) is 5.11. The maximum absolute atomic E-state index is 10.9. The third-order valence-corrected chi connectivity index (χ3v) is 3.08. The molecule has 1 atom stereocenters. The van der Waals surface area contributed by atoms with Crippen molar-refractivity contribution < 1.29 is 14.3 Å². The molecule has 100 valence electrons. The summed E-state index contributed by atoms with van der Waals surface area (Å²) in [5.74, 6) is -0.215. The Morgan fingerprint density at radius 2 is 2.00 bits per heavy atom. The van der Waals surface area contributed by atoms with E-state index < -0.39 is 0 Å². The van der Waals surface area contributed by atoms with E-state index in [-0.39, 0.29) is 12.1 Å². The number of esters is 1. The lowest BCUT2D eigenvalue weighted by molar-refractivity contribution is -0.147. The van der Waals surface area contributed by atoms with E-state index in [9.17, 15) is 4.79 Å². The van der Waals surface area contributed by atoms with Crippen molar-refractivity contribution in [1.29, 1.82) is 0 Å². The fraction of sp³-hybridized carbons (Fsp3) is 0.500. The second-order valence-electron chi connectivity index (χ2n) is 4.04. The van der Waals surface area contributed by atoms with Crippen molar-refractivity contribution in [2.45, 2.75) is 32.5 Å². The highest BCUT2D eigenvalue weighted by Crippen LogP contribution is 2.08. The predicted octanol–water partition coefficient (Wildman–Crippen LogP) is 3.35. The van der Waals surface area contributed by atoms with Crippen LogP contribution in [-0.2, 0) is 20.9 Å². The largest absolute Gasteiger partial charge is 0.462 e. The van der Waals surface area contributed by atoms with Crippen molar-refractivity contribution >= 4 is 28.6 Å². The quantitative estimate of drug-likeness (QED) is 0.308. The van der Waals surface area contributed by atoms with E-state index in [1.54, 1.807) is 0 Å². The van der Waals surface area contributed by atoms with Crippen LogP contribution in [0.15, 0.2) is 30.3 Å². The highest BCUT2D eigenvalue weighted by Gasteiger charge is 2.10. The first-order valence-corrected chi connectivity index (χ1v) is 7.59. The van der Waals surface area contributed by atoms with Crippen molar-refractivity contribution in [2.24, 2.45) is 0 Å². The Kier molecular flexibility index (Phi) is 8.00. The molecule has 0 aliphatic carbocycles. The summed E-state index contributed by atoms with van der Waals surface area (Å²) in [5.41, 5.74) is 1.16. The van der Waals surface area contributed by atoms with Crippen LogP contribution in [0, 0.1) is 0 Å². The van der Waals surface area contributed by atoms with Crippen LogP contribution in [0.5, 0.6) is 0 Å². The van der Waals surface area contributed by atoms with Crippen molar-refractivity contribution in [1.82, 2.24) is 0 Å². The standard InChI is InChI=1S/C14H19IO3/c1-12(16)18-14(7-9-15)8-10-17-11-13-5-3-2-4-6-13/h2-6,14H,7-11H2,1H3. The van der Waals surface area contributed by atoms with E-state index in [1.165, 1.54) is 6.92 Å². The molecule has 0 amide bonds. The van der Waals surface area contributed by atoms with Gasteiger partial charge < -0.3 is 9.47 Å². The summed E-state index contributed by atoms with van der Waals surface area (Å²) in [6.07, 6.45) is 1.62. The molecule has 4 heteroatoms. The molecule has 0 fully saturated rings. The minimum Gasteiger partial charge on any atom is -0.462 e. The molecule has 0 radical (unpaired) electrons. The Labute approximate surface area is 122 Å². The van der Waals surface area contributed by atoms with Crippen LogP contribution in [0.2, 0.25) is 0 Å². The number of alkyl halides is 1. The molecule has 1 aromatic rings. The molecule has 0 N–H and O–H groups in total. The number of carbonyl (C=O) groups is 1. The summed E-state index contributed by atoms with van der Waals surface area (Å²) >= 11 is 2.29. The first-order valence-electron chi connectivity index (χ1n) is 6.07. The fourth-order valence-electron chi connectivity index (χ4n) is 1.60. The summed E-state index contributed by atoms with van der Waals surface area (Å²) in [7, 11) is 0. The summed E-state index contributed by atoms with van der Waals surface area (Å²) in [4.78, 5) is 10.9. The Balaban J connectivity index is 2.20. The molecule has 3 nitrogen and oxygen atoms in total. The number of rotatable bonds is 8. The van der Waals surface area contributed by atoms with E-state index in [0.717, 1.165) is 22.8 Å². The highest BCUT2D eigenvalue weighted by atomic mass is 127. The molecule has 1 unspecified atom stereocenters. The van der Waals surface area contributed by atoms with Crippen molar-refractivity contribution in [2.75, 3.05) is 11.0 Å². The average molecular weight is 362 g/mol. The SMILES string of the molecule is CC(=O)OC(CCI)CCOCc1ccccc1. The van der Waals surface area contributed by atoms with Gasteiger partial charge in [-0.05, 0) is 12.0 Å². The monoisotopic (exact) mass is 362 g/mol. The maximum Gasteiger partial charge on any atom is 0.302 e. The average Bonchev–Trinajstić information content (AvgIpc) is 2.35. The van der Waals surface area contributed by atoms with Crippen LogP contribution in [0.4, 0.5) is 0 Å². The zero-order valence-electron chi connectivity index (χ0n) is 10.6. The Hall–Kier alpha value is -0.620. The van der Waals surface area contributed by atoms with Crippen LogP contribution < -0.4 is 0 Å². The zero-order valence-corrected chi connectivity index (χ0v) is 12.8. The van der Waals surface area contributed by atoms with Crippen molar-refractivity contribution in [3.8, 4) is 0 Å². The van der Waals surface area contributed by atoms with Crippen LogP contribution in [-0.4, -0.2) is 23.1 Å². The number of hydrogen-bond acceptors (Lipinski definition) is 3. The molecule has 0 spiro atoms. The molecule has 0 aromatic heterocycles. The molecular formula is C14H19IO3. The number of halogens is 1. The van der Waals surface area contributed by atoms with Gasteiger partial charge >= 0.3 is 5.97 Å². The smallest absolute Gasteiger partial charge is 0.302 e. The normalized spacial score (nSPS) is 12.1. The number of ether oxygens (including phenoxy) is 2. The third-order valence-electron chi connectivity index (χ3n) is 2.46. The summed E-state index contributed by atoms with van der Waals surface area (Å²) < 4.78 is 11.8. The Morgan fingerprint density at radius 3 is 2.61 bits per heavy atom. The summed E-state index contributed by atoms with van der Waals surface area (Å²) in [6, 6.07) is 10.1. The fourth-order valence-corrected chi connectivity index (χ4v) is 2.29.